The molecule has 1 heterocycles. The van der Waals surface area contributed by atoms with Crippen LogP contribution in [-0.4, -0.2) is 35.9 Å². The van der Waals surface area contributed by atoms with E-state index in [1.165, 1.54) is 21.4 Å². The first kappa shape index (κ1) is 14.7. The zero-order valence-electron chi connectivity index (χ0n) is 11.0. The van der Waals surface area contributed by atoms with E-state index >= 15 is 0 Å². The fourth-order valence-corrected chi connectivity index (χ4v) is 1.64. The van der Waals surface area contributed by atoms with Gasteiger partial charge in [-0.1, -0.05) is 0 Å². The summed E-state index contributed by atoms with van der Waals surface area (Å²) in [4.78, 5) is 23.2. The van der Waals surface area contributed by atoms with Crippen LogP contribution in [0.4, 0.5) is 0 Å². The van der Waals surface area contributed by atoms with Crippen molar-refractivity contribution in [2.45, 2.75) is 19.4 Å². The van der Waals surface area contributed by atoms with E-state index < -0.39 is 0 Å². The maximum atomic E-state index is 11.7. The minimum Gasteiger partial charge on any atom is -0.383 e. The third-order valence-electron chi connectivity index (χ3n) is 2.71. The van der Waals surface area contributed by atoms with Crippen molar-refractivity contribution in [2.24, 2.45) is 7.05 Å². The van der Waals surface area contributed by atoms with E-state index in [9.17, 15) is 9.59 Å². The summed E-state index contributed by atoms with van der Waals surface area (Å²) >= 11 is 0. The summed E-state index contributed by atoms with van der Waals surface area (Å²) in [5.74, 6) is 0. The van der Waals surface area contributed by atoms with Gasteiger partial charge in [0.15, 0.2) is 0 Å². The van der Waals surface area contributed by atoms with Crippen molar-refractivity contribution in [3.8, 4) is 0 Å². The number of nitrogens with zero attached hydrogens (tertiary/aromatic N) is 2. The second-order valence-corrected chi connectivity index (χ2v) is 4.15. The van der Waals surface area contributed by atoms with Gasteiger partial charge in [0, 0.05) is 39.5 Å². The first-order chi connectivity index (χ1) is 8.66. The monoisotopic (exact) mass is 255 g/mol. The molecule has 0 amide bonds. The van der Waals surface area contributed by atoms with Crippen molar-refractivity contribution in [1.29, 1.82) is 0 Å². The van der Waals surface area contributed by atoms with Gasteiger partial charge < -0.3 is 14.6 Å². The van der Waals surface area contributed by atoms with Crippen LogP contribution in [0.3, 0.4) is 0 Å². The third-order valence-corrected chi connectivity index (χ3v) is 2.71. The Morgan fingerprint density at radius 1 is 1.28 bits per heavy atom. The number of nitrogens with one attached hydrogen (secondary N) is 1. The maximum Gasteiger partial charge on any atom is 0.330 e. The molecule has 0 radical (unpaired) electrons. The summed E-state index contributed by atoms with van der Waals surface area (Å²) in [5.41, 5.74) is -0.486. The van der Waals surface area contributed by atoms with Gasteiger partial charge in [-0.3, -0.25) is 9.36 Å². The molecular weight excluding hydrogens is 234 g/mol. The van der Waals surface area contributed by atoms with Crippen LogP contribution in [0.1, 0.15) is 12.8 Å². The smallest absolute Gasteiger partial charge is 0.330 e. The number of aryl methyl sites for hydroxylation is 1. The number of ether oxygens (including phenoxy) is 1. The highest BCUT2D eigenvalue weighted by Gasteiger charge is 2.01. The Hall–Kier alpha value is -1.40. The maximum absolute atomic E-state index is 11.7. The van der Waals surface area contributed by atoms with Crippen LogP contribution in [0.5, 0.6) is 0 Å². The lowest BCUT2D eigenvalue weighted by molar-refractivity contribution is 0.199. The Morgan fingerprint density at radius 2 is 2.06 bits per heavy atom. The molecule has 18 heavy (non-hydrogen) atoms. The lowest BCUT2D eigenvalue weighted by atomic mass is 10.3. The molecule has 6 heteroatoms. The average molecular weight is 255 g/mol. The lowest BCUT2D eigenvalue weighted by Crippen LogP contribution is -2.38. The molecule has 0 unspecified atom stereocenters. The van der Waals surface area contributed by atoms with Crippen LogP contribution >= 0.6 is 0 Å². The molecule has 102 valence electrons. The Bertz CT molecular complexity index is 464. The van der Waals surface area contributed by atoms with Crippen molar-refractivity contribution in [1.82, 2.24) is 14.5 Å². The highest BCUT2D eigenvalue weighted by molar-refractivity contribution is 4.85. The molecule has 0 bridgehead atoms. The largest absolute Gasteiger partial charge is 0.383 e. The van der Waals surface area contributed by atoms with Crippen molar-refractivity contribution >= 4 is 0 Å². The molecular formula is C12H21N3O3. The molecule has 0 spiro atoms. The van der Waals surface area contributed by atoms with Gasteiger partial charge in [0.05, 0.1) is 6.61 Å². The van der Waals surface area contributed by atoms with E-state index in [1.54, 1.807) is 14.2 Å². The second kappa shape index (κ2) is 7.84. The van der Waals surface area contributed by atoms with E-state index in [2.05, 4.69) is 5.32 Å². The van der Waals surface area contributed by atoms with Crippen molar-refractivity contribution in [2.75, 3.05) is 26.8 Å². The second-order valence-electron chi connectivity index (χ2n) is 4.15. The summed E-state index contributed by atoms with van der Waals surface area (Å²) in [6.07, 6.45) is 3.22. The highest BCUT2D eigenvalue weighted by Crippen LogP contribution is 1.89. The Labute approximate surface area is 106 Å². The van der Waals surface area contributed by atoms with Gasteiger partial charge >= 0.3 is 5.69 Å². The van der Waals surface area contributed by atoms with Gasteiger partial charge in [-0.05, 0) is 19.4 Å². The van der Waals surface area contributed by atoms with E-state index in [1.807, 2.05) is 0 Å². The first-order valence-corrected chi connectivity index (χ1v) is 6.13. The topological polar surface area (TPSA) is 65.3 Å². The van der Waals surface area contributed by atoms with Crippen molar-refractivity contribution < 1.29 is 4.74 Å². The molecule has 0 atom stereocenters. The van der Waals surface area contributed by atoms with Crippen LogP contribution in [0.15, 0.2) is 21.9 Å². The molecule has 0 aromatic carbocycles. The zero-order valence-corrected chi connectivity index (χ0v) is 11.0. The lowest BCUT2D eigenvalue weighted by Gasteiger charge is -2.07. The summed E-state index contributed by atoms with van der Waals surface area (Å²) < 4.78 is 7.60. The molecule has 1 rings (SSSR count). The molecule has 0 aliphatic rings. The van der Waals surface area contributed by atoms with Crippen LogP contribution in [0, 0.1) is 0 Å². The number of hydrogen-bond donors (Lipinski definition) is 1. The van der Waals surface area contributed by atoms with E-state index in [0.29, 0.717) is 13.2 Å². The standard InChI is InChI=1S/C12H21N3O3/c1-14-9-5-11(16)15(12(14)17)8-4-3-6-13-7-10-18-2/h5,9,13H,3-4,6-8,10H2,1-2H3. The third kappa shape index (κ3) is 4.46. The van der Waals surface area contributed by atoms with Crippen LogP contribution in [0.25, 0.3) is 0 Å². The predicted molar refractivity (Wildman–Crippen MR) is 69.9 cm³/mol. The van der Waals surface area contributed by atoms with E-state index in [-0.39, 0.29) is 11.2 Å². The molecule has 0 saturated heterocycles. The molecule has 0 aliphatic heterocycles. The summed E-state index contributed by atoms with van der Waals surface area (Å²) in [6, 6.07) is 1.41. The number of hydrogen-bond acceptors (Lipinski definition) is 4. The van der Waals surface area contributed by atoms with Gasteiger partial charge in [-0.15, -0.1) is 0 Å². The van der Waals surface area contributed by atoms with E-state index in [0.717, 1.165) is 25.9 Å². The highest BCUT2D eigenvalue weighted by atomic mass is 16.5. The first-order valence-electron chi connectivity index (χ1n) is 6.13. The number of rotatable bonds is 8. The quantitative estimate of drug-likeness (QED) is 0.640. The minimum absolute atomic E-state index is 0.231. The fourth-order valence-electron chi connectivity index (χ4n) is 1.64. The summed E-state index contributed by atoms with van der Waals surface area (Å²) in [5, 5.41) is 3.22. The molecule has 6 nitrogen and oxygen atoms in total. The molecule has 0 aliphatic carbocycles. The number of methoxy groups -OCH3 is 1. The summed E-state index contributed by atoms with van der Waals surface area (Å²) in [7, 11) is 3.31. The van der Waals surface area contributed by atoms with Gasteiger partial charge in [-0.2, -0.15) is 0 Å². The molecule has 0 saturated carbocycles. The van der Waals surface area contributed by atoms with Crippen LogP contribution < -0.4 is 16.6 Å². The normalized spacial score (nSPS) is 10.8. The van der Waals surface area contributed by atoms with E-state index in [4.69, 9.17) is 4.74 Å². The molecule has 1 N–H and O–H groups in total. The minimum atomic E-state index is -0.255. The average Bonchev–Trinajstić information content (AvgIpc) is 2.36. The molecule has 1 aromatic rings. The van der Waals surface area contributed by atoms with Crippen molar-refractivity contribution in [3.63, 3.8) is 0 Å². The Balaban J connectivity index is 2.34. The van der Waals surface area contributed by atoms with Gasteiger partial charge in [-0.25, -0.2) is 4.79 Å². The van der Waals surface area contributed by atoms with Gasteiger partial charge in [0.1, 0.15) is 0 Å². The number of aromatic nitrogens is 2. The van der Waals surface area contributed by atoms with Gasteiger partial charge in [0.2, 0.25) is 0 Å². The van der Waals surface area contributed by atoms with Crippen molar-refractivity contribution in [3.05, 3.63) is 33.1 Å². The molecule has 1 aromatic heterocycles. The summed E-state index contributed by atoms with van der Waals surface area (Å²) in [6.45, 7) is 2.85. The molecule has 0 fully saturated rings. The number of unbranched alkanes of at least 4 members (excludes halogenated alkanes) is 1. The zero-order chi connectivity index (χ0) is 13.4. The van der Waals surface area contributed by atoms with Crippen LogP contribution in [0.2, 0.25) is 0 Å². The van der Waals surface area contributed by atoms with Gasteiger partial charge in [0.25, 0.3) is 5.56 Å². The fraction of sp³-hybridized carbons (Fsp3) is 0.667. The SMILES string of the molecule is COCCNCCCCn1c(=O)ccn(C)c1=O. The Morgan fingerprint density at radius 3 is 2.78 bits per heavy atom. The predicted octanol–water partition coefficient (Wildman–Crippen LogP) is -0.437. The van der Waals surface area contributed by atoms with Crippen LogP contribution in [-0.2, 0) is 18.3 Å². The Kier molecular flexibility index (Phi) is 6.38.